The topological polar surface area (TPSA) is 66.5 Å². The molecule has 0 heterocycles. The standard InChI is InChI=1S/C14H21FN2O3S/c1-3-4-9-16-14(18)8-10-17(21(2,19)20)13-7-5-6-12(15)11-13/h5-7,11H,3-4,8-10H2,1-2H3,(H,16,18). The van der Waals surface area contributed by atoms with Gasteiger partial charge in [0, 0.05) is 19.5 Å². The smallest absolute Gasteiger partial charge is 0.232 e. The molecule has 0 spiro atoms. The summed E-state index contributed by atoms with van der Waals surface area (Å²) in [6.07, 6.45) is 2.92. The molecule has 0 aliphatic carbocycles. The maximum atomic E-state index is 13.2. The fourth-order valence-corrected chi connectivity index (χ4v) is 2.73. The third-order valence-electron chi connectivity index (χ3n) is 2.89. The Morgan fingerprint density at radius 1 is 1.38 bits per heavy atom. The number of carbonyl (C=O) groups excluding carboxylic acids is 1. The first-order valence-corrected chi connectivity index (χ1v) is 8.69. The van der Waals surface area contributed by atoms with Crippen LogP contribution in [0.4, 0.5) is 10.1 Å². The highest BCUT2D eigenvalue weighted by Gasteiger charge is 2.18. The summed E-state index contributed by atoms with van der Waals surface area (Å²) in [5, 5.41) is 2.72. The summed E-state index contributed by atoms with van der Waals surface area (Å²) in [5.74, 6) is -0.734. The van der Waals surface area contributed by atoms with Crippen molar-refractivity contribution in [3.05, 3.63) is 30.1 Å². The van der Waals surface area contributed by atoms with E-state index < -0.39 is 15.8 Å². The molecule has 0 saturated heterocycles. The average Bonchev–Trinajstić information content (AvgIpc) is 2.37. The molecular formula is C14H21FN2O3S. The molecular weight excluding hydrogens is 295 g/mol. The number of anilines is 1. The van der Waals surface area contributed by atoms with Crippen molar-refractivity contribution in [3.63, 3.8) is 0 Å². The normalized spacial score (nSPS) is 11.2. The van der Waals surface area contributed by atoms with Crippen LogP contribution in [0.15, 0.2) is 24.3 Å². The minimum atomic E-state index is -3.57. The van der Waals surface area contributed by atoms with Crippen LogP contribution in [-0.2, 0) is 14.8 Å². The van der Waals surface area contributed by atoms with Crippen LogP contribution < -0.4 is 9.62 Å². The summed E-state index contributed by atoms with van der Waals surface area (Å²) in [7, 11) is -3.57. The summed E-state index contributed by atoms with van der Waals surface area (Å²) >= 11 is 0. The van der Waals surface area contributed by atoms with Crippen LogP contribution in [-0.4, -0.2) is 33.7 Å². The molecule has 1 aromatic carbocycles. The highest BCUT2D eigenvalue weighted by atomic mass is 32.2. The van der Waals surface area contributed by atoms with Crippen LogP contribution in [0.1, 0.15) is 26.2 Å². The van der Waals surface area contributed by atoms with Crippen LogP contribution in [0.2, 0.25) is 0 Å². The van der Waals surface area contributed by atoms with Gasteiger partial charge in [-0.05, 0) is 24.6 Å². The Morgan fingerprint density at radius 3 is 2.67 bits per heavy atom. The van der Waals surface area contributed by atoms with Crippen molar-refractivity contribution in [1.29, 1.82) is 0 Å². The molecule has 0 radical (unpaired) electrons. The maximum Gasteiger partial charge on any atom is 0.232 e. The van der Waals surface area contributed by atoms with Crippen molar-refractivity contribution in [3.8, 4) is 0 Å². The lowest BCUT2D eigenvalue weighted by Gasteiger charge is -2.22. The number of rotatable bonds is 8. The summed E-state index contributed by atoms with van der Waals surface area (Å²) < 4.78 is 37.8. The molecule has 0 fully saturated rings. The second kappa shape index (κ2) is 7.97. The number of nitrogens with zero attached hydrogens (tertiary/aromatic N) is 1. The number of hydrogen-bond acceptors (Lipinski definition) is 3. The van der Waals surface area contributed by atoms with Crippen LogP contribution in [0.25, 0.3) is 0 Å². The molecule has 5 nitrogen and oxygen atoms in total. The van der Waals surface area contributed by atoms with Gasteiger partial charge in [-0.1, -0.05) is 19.4 Å². The van der Waals surface area contributed by atoms with E-state index in [0.29, 0.717) is 6.54 Å². The van der Waals surface area contributed by atoms with Gasteiger partial charge in [0.25, 0.3) is 0 Å². The van der Waals surface area contributed by atoms with E-state index in [0.717, 1.165) is 29.5 Å². The molecule has 0 aliphatic rings. The van der Waals surface area contributed by atoms with Gasteiger partial charge in [0.15, 0.2) is 0 Å². The van der Waals surface area contributed by atoms with E-state index in [1.54, 1.807) is 0 Å². The third-order valence-corrected chi connectivity index (χ3v) is 4.09. The molecule has 0 aliphatic heterocycles. The zero-order valence-corrected chi connectivity index (χ0v) is 13.1. The fraction of sp³-hybridized carbons (Fsp3) is 0.500. The summed E-state index contributed by atoms with van der Waals surface area (Å²) in [5.41, 5.74) is 0.221. The summed E-state index contributed by atoms with van der Waals surface area (Å²) in [6, 6.07) is 5.31. The first-order chi connectivity index (χ1) is 9.84. The Labute approximate surface area is 125 Å². The Hall–Kier alpha value is -1.63. The zero-order chi connectivity index (χ0) is 15.9. The highest BCUT2D eigenvalue weighted by Crippen LogP contribution is 2.18. The number of unbranched alkanes of at least 4 members (excludes halogenated alkanes) is 1. The molecule has 21 heavy (non-hydrogen) atoms. The van der Waals surface area contributed by atoms with Crippen molar-refractivity contribution < 1.29 is 17.6 Å². The van der Waals surface area contributed by atoms with Crippen LogP contribution in [0, 0.1) is 5.82 Å². The van der Waals surface area contributed by atoms with E-state index >= 15 is 0 Å². The lowest BCUT2D eigenvalue weighted by molar-refractivity contribution is -0.120. The van der Waals surface area contributed by atoms with E-state index in [1.165, 1.54) is 18.2 Å². The van der Waals surface area contributed by atoms with Gasteiger partial charge in [0.2, 0.25) is 15.9 Å². The molecule has 0 saturated carbocycles. The van der Waals surface area contributed by atoms with Crippen molar-refractivity contribution in [2.45, 2.75) is 26.2 Å². The second-order valence-electron chi connectivity index (χ2n) is 4.77. The number of halogens is 1. The molecule has 7 heteroatoms. The Balaban J connectivity index is 2.71. The quantitative estimate of drug-likeness (QED) is 0.745. The van der Waals surface area contributed by atoms with Crippen LogP contribution >= 0.6 is 0 Å². The van der Waals surface area contributed by atoms with E-state index in [1.807, 2.05) is 6.92 Å². The SMILES string of the molecule is CCCCNC(=O)CCN(c1cccc(F)c1)S(C)(=O)=O. The molecule has 1 amide bonds. The van der Waals surface area contributed by atoms with Crippen molar-refractivity contribution in [2.24, 2.45) is 0 Å². The molecule has 118 valence electrons. The molecule has 0 bridgehead atoms. The van der Waals surface area contributed by atoms with Crippen LogP contribution in [0.5, 0.6) is 0 Å². The predicted molar refractivity (Wildman–Crippen MR) is 81.1 cm³/mol. The summed E-state index contributed by atoms with van der Waals surface area (Å²) in [4.78, 5) is 11.6. The van der Waals surface area contributed by atoms with E-state index in [9.17, 15) is 17.6 Å². The first-order valence-electron chi connectivity index (χ1n) is 6.84. The molecule has 1 rings (SSSR count). The second-order valence-corrected chi connectivity index (χ2v) is 6.68. The molecule has 1 aromatic rings. The van der Waals surface area contributed by atoms with Crippen molar-refractivity contribution in [2.75, 3.05) is 23.7 Å². The molecule has 1 N–H and O–H groups in total. The number of carbonyl (C=O) groups is 1. The number of amides is 1. The van der Waals surface area contributed by atoms with Gasteiger partial charge >= 0.3 is 0 Å². The van der Waals surface area contributed by atoms with Gasteiger partial charge in [-0.15, -0.1) is 0 Å². The lowest BCUT2D eigenvalue weighted by Crippen LogP contribution is -2.34. The Bertz CT molecular complexity index is 575. The number of benzene rings is 1. The van der Waals surface area contributed by atoms with E-state index in [4.69, 9.17) is 0 Å². The van der Waals surface area contributed by atoms with Gasteiger partial charge < -0.3 is 5.32 Å². The maximum absolute atomic E-state index is 13.2. The fourth-order valence-electron chi connectivity index (χ4n) is 1.81. The van der Waals surface area contributed by atoms with Gasteiger partial charge in [0.1, 0.15) is 5.82 Å². The average molecular weight is 316 g/mol. The number of sulfonamides is 1. The summed E-state index contributed by atoms with van der Waals surface area (Å²) in [6.45, 7) is 2.58. The van der Waals surface area contributed by atoms with Gasteiger partial charge in [0.05, 0.1) is 11.9 Å². The lowest BCUT2D eigenvalue weighted by atomic mass is 10.3. The highest BCUT2D eigenvalue weighted by molar-refractivity contribution is 7.92. The molecule has 0 aromatic heterocycles. The largest absolute Gasteiger partial charge is 0.356 e. The van der Waals surface area contributed by atoms with Crippen molar-refractivity contribution >= 4 is 21.6 Å². The minimum absolute atomic E-state index is 0.0136. The first kappa shape index (κ1) is 17.4. The molecule has 0 unspecified atom stereocenters. The minimum Gasteiger partial charge on any atom is -0.356 e. The van der Waals surface area contributed by atoms with Crippen LogP contribution in [0.3, 0.4) is 0 Å². The van der Waals surface area contributed by atoms with E-state index in [2.05, 4.69) is 5.32 Å². The zero-order valence-electron chi connectivity index (χ0n) is 12.3. The van der Waals surface area contributed by atoms with Crippen molar-refractivity contribution in [1.82, 2.24) is 5.32 Å². The van der Waals surface area contributed by atoms with Gasteiger partial charge in [-0.25, -0.2) is 12.8 Å². The van der Waals surface area contributed by atoms with E-state index in [-0.39, 0.29) is 24.6 Å². The number of hydrogen-bond donors (Lipinski definition) is 1. The van der Waals surface area contributed by atoms with Gasteiger partial charge in [-0.2, -0.15) is 0 Å². The number of nitrogens with one attached hydrogen (secondary N) is 1. The Kier molecular flexibility index (Phi) is 6.61. The predicted octanol–water partition coefficient (Wildman–Crippen LogP) is 1.90. The Morgan fingerprint density at radius 2 is 2.10 bits per heavy atom. The molecule has 0 atom stereocenters. The third kappa shape index (κ3) is 6.12. The monoisotopic (exact) mass is 316 g/mol. The van der Waals surface area contributed by atoms with Gasteiger partial charge in [-0.3, -0.25) is 9.10 Å².